The molecule has 12 nitrogen and oxygen atoms in total. The lowest BCUT2D eigenvalue weighted by Crippen LogP contribution is -2.59. The van der Waals surface area contributed by atoms with Gasteiger partial charge in [-0.3, -0.25) is 14.4 Å². The first-order valence-corrected chi connectivity index (χ1v) is 15.5. The Morgan fingerprint density at radius 3 is 2.43 bits per heavy atom. The largest absolute Gasteiger partial charge is 0.460 e. The van der Waals surface area contributed by atoms with Crippen LogP contribution in [0.5, 0.6) is 6.01 Å². The maximum absolute atomic E-state index is 14.8. The highest BCUT2D eigenvalue weighted by molar-refractivity contribution is 6.14. The van der Waals surface area contributed by atoms with Crippen molar-refractivity contribution >= 4 is 45.2 Å². The number of aromatic nitrogens is 4. The first-order chi connectivity index (χ1) is 21.8. The van der Waals surface area contributed by atoms with Crippen LogP contribution in [0.1, 0.15) is 57.8 Å². The fourth-order valence-electron chi connectivity index (χ4n) is 6.24. The van der Waals surface area contributed by atoms with Crippen molar-refractivity contribution in [2.24, 2.45) is 7.05 Å². The maximum atomic E-state index is 14.8. The Morgan fingerprint density at radius 2 is 1.76 bits per heavy atom. The Labute approximate surface area is 266 Å². The Balaban J connectivity index is 1.32. The molecule has 2 aromatic carbocycles. The highest BCUT2D eigenvalue weighted by Crippen LogP contribution is 2.34. The lowest BCUT2D eigenvalue weighted by atomic mass is 9.92. The van der Waals surface area contributed by atoms with E-state index >= 15 is 0 Å². The molecule has 4 aromatic rings. The summed E-state index contributed by atoms with van der Waals surface area (Å²) in [5.41, 5.74) is 1.44. The van der Waals surface area contributed by atoms with Gasteiger partial charge in [0.2, 0.25) is 0 Å². The van der Waals surface area contributed by atoms with Crippen LogP contribution in [-0.4, -0.2) is 86.7 Å². The van der Waals surface area contributed by atoms with Crippen LogP contribution in [0.2, 0.25) is 0 Å². The summed E-state index contributed by atoms with van der Waals surface area (Å²) in [6, 6.07) is 6.38. The van der Waals surface area contributed by atoms with E-state index in [1.165, 1.54) is 10.7 Å². The number of hydrogen-bond acceptors (Lipinski definition) is 9. The van der Waals surface area contributed by atoms with Gasteiger partial charge in [-0.05, 0) is 58.9 Å². The lowest BCUT2D eigenvalue weighted by molar-refractivity contribution is -0.0412. The molecule has 1 N–H and O–H groups in total. The second kappa shape index (κ2) is 12.0. The summed E-state index contributed by atoms with van der Waals surface area (Å²) in [4.78, 5) is 39.9. The van der Waals surface area contributed by atoms with Crippen molar-refractivity contribution in [3.63, 3.8) is 0 Å². The molecule has 2 aliphatic rings. The number of amides is 2. The number of aryl methyl sites for hydroxylation is 1. The highest BCUT2D eigenvalue weighted by atomic mass is 19.1. The van der Waals surface area contributed by atoms with Crippen LogP contribution in [0.4, 0.5) is 20.6 Å². The average Bonchev–Trinajstić information content (AvgIpc) is 3.33. The molecule has 46 heavy (non-hydrogen) atoms. The minimum absolute atomic E-state index is 0.0836. The number of carbonyl (C=O) groups excluding carboxylic acids is 2. The van der Waals surface area contributed by atoms with E-state index in [-0.39, 0.29) is 47.5 Å². The predicted molar refractivity (Wildman–Crippen MR) is 172 cm³/mol. The van der Waals surface area contributed by atoms with Crippen LogP contribution in [0.25, 0.3) is 21.8 Å². The fourth-order valence-corrected chi connectivity index (χ4v) is 6.24. The summed E-state index contributed by atoms with van der Waals surface area (Å²) in [5, 5.41) is 8.20. The molecule has 1 saturated heterocycles. The number of nitrogens with one attached hydrogen (secondary N) is 1. The number of halogens is 1. The van der Waals surface area contributed by atoms with Crippen molar-refractivity contribution in [1.82, 2.24) is 24.6 Å². The van der Waals surface area contributed by atoms with Gasteiger partial charge in [0, 0.05) is 74.6 Å². The minimum atomic E-state index is -0.600. The van der Waals surface area contributed by atoms with Gasteiger partial charge in [-0.1, -0.05) is 0 Å². The zero-order valence-corrected chi connectivity index (χ0v) is 27.2. The molecule has 1 aliphatic heterocycles. The maximum Gasteiger partial charge on any atom is 0.410 e. The highest BCUT2D eigenvalue weighted by Gasteiger charge is 2.37. The van der Waals surface area contributed by atoms with Crippen LogP contribution >= 0.6 is 0 Å². The number of carbonyl (C=O) groups is 2. The number of nitrogens with zero attached hydrogens (tertiary/aromatic N) is 6. The average molecular weight is 634 g/mol. The van der Waals surface area contributed by atoms with Crippen LogP contribution in [-0.2, 0) is 16.5 Å². The number of hydrogen-bond donors (Lipinski definition) is 1. The van der Waals surface area contributed by atoms with Crippen molar-refractivity contribution < 1.29 is 28.2 Å². The quantitative estimate of drug-likeness (QED) is 0.301. The summed E-state index contributed by atoms with van der Waals surface area (Å²) >= 11 is 0. The third-order valence-electron chi connectivity index (χ3n) is 8.41. The van der Waals surface area contributed by atoms with E-state index in [2.05, 4.69) is 20.3 Å². The summed E-state index contributed by atoms with van der Waals surface area (Å²) in [6.07, 6.45) is 4.53. The van der Waals surface area contributed by atoms with E-state index in [9.17, 15) is 14.0 Å². The third kappa shape index (κ3) is 6.28. The van der Waals surface area contributed by atoms with Crippen LogP contribution in [0, 0.1) is 5.82 Å². The monoisotopic (exact) mass is 633 g/mol. The van der Waals surface area contributed by atoms with Gasteiger partial charge in [0.1, 0.15) is 17.2 Å². The first kappa shape index (κ1) is 31.5. The van der Waals surface area contributed by atoms with Gasteiger partial charge in [-0.25, -0.2) is 14.2 Å². The number of fused-ring (bicyclic) bond motifs is 2. The number of ether oxygens (including phenoxy) is 3. The minimum Gasteiger partial charge on any atom is -0.460 e. The zero-order valence-electron chi connectivity index (χ0n) is 27.2. The number of rotatable bonds is 6. The lowest BCUT2D eigenvalue weighted by Gasteiger charge is -2.45. The molecule has 2 fully saturated rings. The Kier molecular flexibility index (Phi) is 8.21. The summed E-state index contributed by atoms with van der Waals surface area (Å²) in [6.45, 7) is 10.6. The predicted octanol–water partition coefficient (Wildman–Crippen LogP) is 5.30. The van der Waals surface area contributed by atoms with E-state index in [4.69, 9.17) is 19.2 Å². The van der Waals surface area contributed by atoms with Gasteiger partial charge >= 0.3 is 12.1 Å². The molecule has 2 atom stereocenters. The summed E-state index contributed by atoms with van der Waals surface area (Å²) in [7, 11) is 3.38. The Morgan fingerprint density at radius 1 is 1.04 bits per heavy atom. The Hall–Kier alpha value is -4.52. The molecule has 2 aromatic heterocycles. The Bertz CT molecular complexity index is 1790. The van der Waals surface area contributed by atoms with Crippen LogP contribution in [0.15, 0.2) is 36.7 Å². The van der Waals surface area contributed by atoms with Gasteiger partial charge in [0.15, 0.2) is 5.82 Å². The van der Waals surface area contributed by atoms with Crippen molar-refractivity contribution in [3.05, 3.63) is 48.0 Å². The molecule has 1 aliphatic carbocycles. The second-order valence-electron chi connectivity index (χ2n) is 13.3. The third-order valence-corrected chi connectivity index (χ3v) is 8.41. The smallest absolute Gasteiger partial charge is 0.410 e. The molecule has 13 heteroatoms. The van der Waals surface area contributed by atoms with Crippen molar-refractivity contribution in [2.75, 3.05) is 30.4 Å². The standard InChI is InChI=1S/C33H40FN7O5/c1-18-15-40(16-19(2)41(18)32(43)46-33(3,4)5)27-9-8-24(29-25(27)14-35-31(37-29)45-23-12-22(13-23)44-7)30(42)36-21-10-20-17-39(6)38-28(20)26(34)11-21/h8-11,14,17-19,22-23H,12-13,15-16H2,1-7H3,(H,36,42)/t18-,19+,22?,23?. The molecule has 0 spiro atoms. The van der Waals surface area contributed by atoms with Gasteiger partial charge in [0.05, 0.1) is 29.3 Å². The first-order valence-electron chi connectivity index (χ1n) is 15.5. The molecule has 2 amide bonds. The molecule has 0 unspecified atom stereocenters. The summed E-state index contributed by atoms with van der Waals surface area (Å²) in [5.74, 6) is -0.987. The number of benzene rings is 2. The van der Waals surface area contributed by atoms with Crippen LogP contribution in [0.3, 0.4) is 0 Å². The molecular weight excluding hydrogens is 593 g/mol. The van der Waals surface area contributed by atoms with Gasteiger partial charge in [-0.2, -0.15) is 10.1 Å². The zero-order chi connectivity index (χ0) is 32.9. The molecule has 1 saturated carbocycles. The molecule has 244 valence electrons. The van der Waals surface area contributed by atoms with E-state index in [0.717, 1.165) is 18.5 Å². The van der Waals surface area contributed by atoms with Crippen molar-refractivity contribution in [2.45, 2.75) is 77.4 Å². The topological polar surface area (TPSA) is 124 Å². The van der Waals surface area contributed by atoms with E-state index in [1.807, 2.05) is 40.7 Å². The molecule has 0 radical (unpaired) electrons. The number of piperazine rings is 1. The summed E-state index contributed by atoms with van der Waals surface area (Å²) < 4.78 is 33.4. The number of anilines is 2. The van der Waals surface area contributed by atoms with E-state index in [1.54, 1.807) is 43.6 Å². The molecular formula is C33H40FN7O5. The fraction of sp³-hybridized carbons (Fsp3) is 0.485. The van der Waals surface area contributed by atoms with Crippen molar-refractivity contribution in [1.29, 1.82) is 0 Å². The van der Waals surface area contributed by atoms with E-state index < -0.39 is 17.3 Å². The second-order valence-corrected chi connectivity index (χ2v) is 13.3. The number of methoxy groups -OCH3 is 1. The van der Waals surface area contributed by atoms with Gasteiger partial charge < -0.3 is 24.4 Å². The molecule has 6 rings (SSSR count). The molecule has 3 heterocycles. The normalized spacial score (nSPS) is 21.7. The molecule has 0 bridgehead atoms. The van der Waals surface area contributed by atoms with Crippen molar-refractivity contribution in [3.8, 4) is 6.01 Å². The van der Waals surface area contributed by atoms with Gasteiger partial charge in [0.25, 0.3) is 5.91 Å². The van der Waals surface area contributed by atoms with Crippen LogP contribution < -0.4 is 15.0 Å². The van der Waals surface area contributed by atoms with Gasteiger partial charge in [-0.15, -0.1) is 0 Å². The SMILES string of the molecule is COC1CC(Oc2ncc3c(N4C[C@@H](C)N(C(=O)OC(C)(C)C)[C@@H](C)C4)ccc(C(=O)Nc4cc(F)c5nn(C)cc5c4)c3n2)C1. The van der Waals surface area contributed by atoms with E-state index in [0.29, 0.717) is 35.1 Å².